The van der Waals surface area contributed by atoms with Crippen LogP contribution in [0.2, 0.25) is 0 Å². The summed E-state index contributed by atoms with van der Waals surface area (Å²) in [5, 5.41) is 3.37. The number of imidazole rings is 1. The average molecular weight is 259 g/mol. The molecular formula is C15H18FN3. The molecule has 1 fully saturated rings. The third-order valence-corrected chi connectivity index (χ3v) is 3.84. The topological polar surface area (TPSA) is 29.9 Å². The van der Waals surface area contributed by atoms with Gasteiger partial charge in [-0.05, 0) is 56.6 Å². The predicted octanol–water partition coefficient (Wildman–Crippen LogP) is 2.79. The van der Waals surface area contributed by atoms with E-state index in [1.165, 1.54) is 11.8 Å². The molecule has 0 saturated carbocycles. The van der Waals surface area contributed by atoms with Crippen molar-refractivity contribution in [2.24, 2.45) is 0 Å². The second-order valence-corrected chi connectivity index (χ2v) is 5.15. The number of aromatic nitrogens is 2. The number of halogens is 1. The molecule has 2 aromatic rings. The molecular weight excluding hydrogens is 241 g/mol. The van der Waals surface area contributed by atoms with E-state index in [1.54, 1.807) is 6.92 Å². The van der Waals surface area contributed by atoms with Crippen LogP contribution in [0.15, 0.2) is 30.7 Å². The number of nitrogens with zero attached hydrogens (tertiary/aromatic N) is 2. The molecule has 2 heterocycles. The fraction of sp³-hybridized carbons (Fsp3) is 0.400. The smallest absolute Gasteiger partial charge is 0.126 e. The zero-order valence-corrected chi connectivity index (χ0v) is 11.1. The highest BCUT2D eigenvalue weighted by Crippen LogP contribution is 2.27. The summed E-state index contributed by atoms with van der Waals surface area (Å²) in [6.45, 7) is 3.90. The van der Waals surface area contributed by atoms with Crippen molar-refractivity contribution < 1.29 is 4.39 Å². The number of hydrogen-bond donors (Lipinski definition) is 1. The van der Waals surface area contributed by atoms with Gasteiger partial charge < -0.3 is 9.88 Å². The van der Waals surface area contributed by atoms with Crippen LogP contribution in [0.1, 0.15) is 30.0 Å². The van der Waals surface area contributed by atoms with E-state index in [4.69, 9.17) is 0 Å². The highest BCUT2D eigenvalue weighted by Gasteiger charge is 2.19. The number of benzene rings is 1. The number of piperidine rings is 1. The van der Waals surface area contributed by atoms with Gasteiger partial charge in [-0.2, -0.15) is 0 Å². The fourth-order valence-corrected chi connectivity index (χ4v) is 2.72. The van der Waals surface area contributed by atoms with Gasteiger partial charge in [-0.3, -0.25) is 0 Å². The lowest BCUT2D eigenvalue weighted by molar-refractivity contribution is 0.449. The molecule has 3 rings (SSSR count). The predicted molar refractivity (Wildman–Crippen MR) is 73.1 cm³/mol. The van der Waals surface area contributed by atoms with E-state index in [-0.39, 0.29) is 5.82 Å². The van der Waals surface area contributed by atoms with Gasteiger partial charge in [0, 0.05) is 23.5 Å². The summed E-state index contributed by atoms with van der Waals surface area (Å²) in [7, 11) is 0. The van der Waals surface area contributed by atoms with Crippen LogP contribution in [0.5, 0.6) is 0 Å². The lowest BCUT2D eigenvalue weighted by Crippen LogP contribution is -2.27. The monoisotopic (exact) mass is 259 g/mol. The Morgan fingerprint density at radius 2 is 2.11 bits per heavy atom. The van der Waals surface area contributed by atoms with Crippen LogP contribution < -0.4 is 5.32 Å². The Labute approximate surface area is 112 Å². The second kappa shape index (κ2) is 5.13. The van der Waals surface area contributed by atoms with Gasteiger partial charge in [-0.25, -0.2) is 9.37 Å². The molecule has 1 aromatic carbocycles. The lowest BCUT2D eigenvalue weighted by Gasteiger charge is -2.23. The van der Waals surface area contributed by atoms with Crippen molar-refractivity contribution in [3.63, 3.8) is 0 Å². The Kier molecular flexibility index (Phi) is 3.34. The molecule has 1 aromatic heterocycles. The summed E-state index contributed by atoms with van der Waals surface area (Å²) >= 11 is 0. The van der Waals surface area contributed by atoms with Gasteiger partial charge in [0.1, 0.15) is 5.82 Å². The quantitative estimate of drug-likeness (QED) is 0.898. The van der Waals surface area contributed by atoms with Crippen LogP contribution in [-0.2, 0) is 0 Å². The third-order valence-electron chi connectivity index (χ3n) is 3.84. The van der Waals surface area contributed by atoms with Crippen LogP contribution in [-0.4, -0.2) is 22.6 Å². The van der Waals surface area contributed by atoms with Crippen molar-refractivity contribution in [2.75, 3.05) is 13.1 Å². The maximum absolute atomic E-state index is 13.4. The standard InChI is InChI=1S/C15H18FN3/c1-11-8-13(2-3-14(11)16)19-10-18-9-15(19)12-4-6-17-7-5-12/h2-3,8-10,12,17H,4-7H2,1H3. The minimum atomic E-state index is -0.160. The van der Waals surface area contributed by atoms with Gasteiger partial charge >= 0.3 is 0 Å². The van der Waals surface area contributed by atoms with Gasteiger partial charge in [-0.1, -0.05) is 0 Å². The van der Waals surface area contributed by atoms with E-state index in [0.29, 0.717) is 11.5 Å². The van der Waals surface area contributed by atoms with Crippen LogP contribution in [0.4, 0.5) is 4.39 Å². The van der Waals surface area contributed by atoms with Crippen molar-refractivity contribution >= 4 is 0 Å². The maximum Gasteiger partial charge on any atom is 0.126 e. The first-order valence-electron chi connectivity index (χ1n) is 6.75. The van der Waals surface area contributed by atoms with Crippen LogP contribution in [0.25, 0.3) is 5.69 Å². The summed E-state index contributed by atoms with van der Waals surface area (Å²) in [6, 6.07) is 5.22. The Bertz CT molecular complexity index is 571. The van der Waals surface area contributed by atoms with Crippen molar-refractivity contribution in [1.82, 2.24) is 14.9 Å². The number of hydrogen-bond acceptors (Lipinski definition) is 2. The van der Waals surface area contributed by atoms with Crippen LogP contribution >= 0.6 is 0 Å². The van der Waals surface area contributed by atoms with Gasteiger partial charge in [0.2, 0.25) is 0 Å². The average Bonchev–Trinajstić information content (AvgIpc) is 2.92. The Hall–Kier alpha value is -1.68. The summed E-state index contributed by atoms with van der Waals surface area (Å²) in [5.41, 5.74) is 2.89. The molecule has 100 valence electrons. The molecule has 0 atom stereocenters. The molecule has 19 heavy (non-hydrogen) atoms. The Morgan fingerprint density at radius 3 is 2.84 bits per heavy atom. The maximum atomic E-state index is 13.4. The highest BCUT2D eigenvalue weighted by atomic mass is 19.1. The SMILES string of the molecule is Cc1cc(-n2cncc2C2CCNCC2)ccc1F. The van der Waals surface area contributed by atoms with E-state index in [1.807, 2.05) is 24.7 Å². The molecule has 1 aliphatic heterocycles. The summed E-state index contributed by atoms with van der Waals surface area (Å²) in [6.07, 6.45) is 6.02. The van der Waals surface area contributed by atoms with Crippen LogP contribution in [0, 0.1) is 12.7 Å². The zero-order chi connectivity index (χ0) is 13.2. The molecule has 1 aliphatic rings. The van der Waals surface area contributed by atoms with Gasteiger partial charge in [-0.15, -0.1) is 0 Å². The Balaban J connectivity index is 1.96. The molecule has 0 radical (unpaired) electrons. The van der Waals surface area contributed by atoms with E-state index < -0.39 is 0 Å². The number of rotatable bonds is 2. The second-order valence-electron chi connectivity index (χ2n) is 5.15. The summed E-state index contributed by atoms with van der Waals surface area (Å²) < 4.78 is 15.4. The van der Waals surface area contributed by atoms with E-state index >= 15 is 0 Å². The van der Waals surface area contributed by atoms with Crippen molar-refractivity contribution in [3.05, 3.63) is 47.8 Å². The van der Waals surface area contributed by atoms with Crippen LogP contribution in [0.3, 0.4) is 0 Å². The van der Waals surface area contributed by atoms with Crippen molar-refractivity contribution in [3.8, 4) is 5.69 Å². The van der Waals surface area contributed by atoms with E-state index in [2.05, 4.69) is 14.9 Å². The molecule has 3 nitrogen and oxygen atoms in total. The lowest BCUT2D eigenvalue weighted by atomic mass is 9.95. The molecule has 0 spiro atoms. The fourth-order valence-electron chi connectivity index (χ4n) is 2.72. The van der Waals surface area contributed by atoms with E-state index in [9.17, 15) is 4.39 Å². The molecule has 0 amide bonds. The molecule has 1 saturated heterocycles. The van der Waals surface area contributed by atoms with Gasteiger partial charge in [0.25, 0.3) is 0 Å². The highest BCUT2D eigenvalue weighted by molar-refractivity contribution is 5.38. The van der Waals surface area contributed by atoms with Gasteiger partial charge in [0.15, 0.2) is 0 Å². The normalized spacial score (nSPS) is 16.7. The van der Waals surface area contributed by atoms with Gasteiger partial charge in [0.05, 0.1) is 6.33 Å². The first kappa shape index (κ1) is 12.4. The van der Waals surface area contributed by atoms with Crippen molar-refractivity contribution in [1.29, 1.82) is 0 Å². The molecule has 4 heteroatoms. The van der Waals surface area contributed by atoms with Crippen molar-refractivity contribution in [2.45, 2.75) is 25.7 Å². The molecule has 1 N–H and O–H groups in total. The minimum absolute atomic E-state index is 0.160. The molecule has 0 unspecified atom stereocenters. The minimum Gasteiger partial charge on any atom is -0.317 e. The summed E-state index contributed by atoms with van der Waals surface area (Å²) in [4.78, 5) is 4.27. The zero-order valence-electron chi connectivity index (χ0n) is 11.1. The first-order chi connectivity index (χ1) is 9.25. The van der Waals surface area contributed by atoms with E-state index in [0.717, 1.165) is 31.6 Å². The summed E-state index contributed by atoms with van der Waals surface area (Å²) in [5.74, 6) is 0.376. The third kappa shape index (κ3) is 2.40. The first-order valence-corrected chi connectivity index (χ1v) is 6.75. The number of nitrogens with one attached hydrogen (secondary N) is 1. The Morgan fingerprint density at radius 1 is 1.32 bits per heavy atom. The number of aryl methyl sites for hydroxylation is 1. The molecule has 0 aliphatic carbocycles. The largest absolute Gasteiger partial charge is 0.317 e. The molecule has 0 bridgehead atoms.